The first-order valence-corrected chi connectivity index (χ1v) is 7.25. The molecule has 1 atom stereocenters. The van der Waals surface area contributed by atoms with Gasteiger partial charge < -0.3 is 9.80 Å². The summed E-state index contributed by atoms with van der Waals surface area (Å²) >= 11 is 6.07. The summed E-state index contributed by atoms with van der Waals surface area (Å²) in [5.74, 6) is 0.494. The molecule has 1 heterocycles. The van der Waals surface area contributed by atoms with Crippen molar-refractivity contribution in [2.24, 2.45) is 0 Å². The zero-order valence-corrected chi connectivity index (χ0v) is 12.6. The minimum Gasteiger partial charge on any atom is -0.340 e. The molecule has 0 aromatic heterocycles. The molecule has 1 unspecified atom stereocenters. The van der Waals surface area contributed by atoms with Crippen LogP contribution < -0.4 is 9.80 Å². The second-order valence-corrected chi connectivity index (χ2v) is 6.10. The first-order chi connectivity index (χ1) is 8.99. The van der Waals surface area contributed by atoms with E-state index in [4.69, 9.17) is 11.6 Å². The maximum Gasteiger partial charge on any atom is 0.227 e. The van der Waals surface area contributed by atoms with Crippen LogP contribution in [0.15, 0.2) is 18.2 Å². The molecular formula is C15H22ClN2O+. The van der Waals surface area contributed by atoms with Gasteiger partial charge in [0.2, 0.25) is 5.91 Å². The molecule has 0 fully saturated rings. The van der Waals surface area contributed by atoms with Gasteiger partial charge in [0.05, 0.1) is 20.6 Å². The van der Waals surface area contributed by atoms with Crippen LogP contribution in [0.3, 0.4) is 0 Å². The van der Waals surface area contributed by atoms with Gasteiger partial charge in [-0.05, 0) is 29.7 Å². The fraction of sp³-hybridized carbons (Fsp3) is 0.533. The van der Waals surface area contributed by atoms with Crippen molar-refractivity contribution in [1.29, 1.82) is 0 Å². The first kappa shape index (κ1) is 14.4. The summed E-state index contributed by atoms with van der Waals surface area (Å²) < 4.78 is 0. The van der Waals surface area contributed by atoms with E-state index in [1.54, 1.807) is 0 Å². The number of hydrogen-bond acceptors (Lipinski definition) is 1. The van der Waals surface area contributed by atoms with Gasteiger partial charge in [-0.1, -0.05) is 18.5 Å². The van der Waals surface area contributed by atoms with E-state index in [1.807, 2.05) is 23.1 Å². The maximum absolute atomic E-state index is 12.2. The van der Waals surface area contributed by atoms with E-state index < -0.39 is 0 Å². The molecule has 3 nitrogen and oxygen atoms in total. The lowest BCUT2D eigenvalue weighted by Gasteiger charge is -2.33. The molecule has 1 aromatic carbocycles. The molecule has 0 saturated heterocycles. The van der Waals surface area contributed by atoms with Crippen molar-refractivity contribution in [3.8, 4) is 0 Å². The van der Waals surface area contributed by atoms with Gasteiger partial charge in [0, 0.05) is 30.1 Å². The molecule has 0 spiro atoms. The maximum atomic E-state index is 12.2. The third-order valence-electron chi connectivity index (χ3n) is 3.65. The van der Waals surface area contributed by atoms with E-state index in [1.165, 1.54) is 10.5 Å². The Labute approximate surface area is 120 Å². The summed E-state index contributed by atoms with van der Waals surface area (Å²) in [6, 6.07) is 5.85. The van der Waals surface area contributed by atoms with Crippen LogP contribution in [0.25, 0.3) is 0 Å². The SMILES string of the molecule is CC1CC(=O)N(CCC[NH+](C)C)c2ccc(Cl)cc21. The van der Waals surface area contributed by atoms with Crippen molar-refractivity contribution in [2.75, 3.05) is 32.1 Å². The second kappa shape index (κ2) is 5.93. The van der Waals surface area contributed by atoms with E-state index in [0.717, 1.165) is 30.2 Å². The predicted octanol–water partition coefficient (Wildman–Crippen LogP) is 1.71. The van der Waals surface area contributed by atoms with Crippen LogP contribution in [0.4, 0.5) is 5.69 Å². The van der Waals surface area contributed by atoms with Crippen molar-refractivity contribution in [3.05, 3.63) is 28.8 Å². The van der Waals surface area contributed by atoms with Gasteiger partial charge in [-0.3, -0.25) is 4.79 Å². The largest absolute Gasteiger partial charge is 0.340 e. The van der Waals surface area contributed by atoms with Gasteiger partial charge in [0.25, 0.3) is 0 Å². The standard InChI is InChI=1S/C15H21ClN2O/c1-11-9-15(19)18(8-4-7-17(2)3)14-6-5-12(16)10-13(11)14/h5-6,10-11H,4,7-9H2,1-3H3/p+1. The molecule has 0 bridgehead atoms. The number of quaternary nitrogens is 1. The van der Waals surface area contributed by atoms with Crippen molar-refractivity contribution >= 4 is 23.2 Å². The van der Waals surface area contributed by atoms with E-state index in [2.05, 4.69) is 21.0 Å². The Balaban J connectivity index is 2.20. The molecule has 1 aromatic rings. The normalized spacial score (nSPS) is 18.9. The van der Waals surface area contributed by atoms with Crippen LogP contribution in [-0.4, -0.2) is 33.1 Å². The highest BCUT2D eigenvalue weighted by Gasteiger charge is 2.28. The van der Waals surface area contributed by atoms with Gasteiger partial charge in [0.15, 0.2) is 0 Å². The Morgan fingerprint density at radius 1 is 1.42 bits per heavy atom. The topological polar surface area (TPSA) is 24.8 Å². The Kier molecular flexibility index (Phi) is 4.48. The zero-order chi connectivity index (χ0) is 14.0. The first-order valence-electron chi connectivity index (χ1n) is 6.88. The van der Waals surface area contributed by atoms with Crippen LogP contribution >= 0.6 is 11.6 Å². The Morgan fingerprint density at radius 3 is 2.84 bits per heavy atom. The smallest absolute Gasteiger partial charge is 0.227 e. The fourth-order valence-corrected chi connectivity index (χ4v) is 2.80. The van der Waals surface area contributed by atoms with Crippen molar-refractivity contribution in [2.45, 2.75) is 25.7 Å². The van der Waals surface area contributed by atoms with Crippen molar-refractivity contribution in [1.82, 2.24) is 0 Å². The highest BCUT2D eigenvalue weighted by molar-refractivity contribution is 6.30. The van der Waals surface area contributed by atoms with E-state index in [9.17, 15) is 4.79 Å². The van der Waals surface area contributed by atoms with E-state index in [0.29, 0.717) is 6.42 Å². The summed E-state index contributed by atoms with van der Waals surface area (Å²) in [6.07, 6.45) is 1.60. The molecular weight excluding hydrogens is 260 g/mol. The number of hydrogen-bond donors (Lipinski definition) is 1. The lowest BCUT2D eigenvalue weighted by Crippen LogP contribution is -3.05. The molecule has 1 aliphatic heterocycles. The van der Waals surface area contributed by atoms with Gasteiger partial charge in [-0.25, -0.2) is 0 Å². The minimum atomic E-state index is 0.232. The fourth-order valence-electron chi connectivity index (χ4n) is 2.62. The molecule has 1 N–H and O–H groups in total. The zero-order valence-electron chi connectivity index (χ0n) is 11.9. The van der Waals surface area contributed by atoms with Gasteiger partial charge in [-0.2, -0.15) is 0 Å². The van der Waals surface area contributed by atoms with Crippen LogP contribution in [0.2, 0.25) is 5.02 Å². The van der Waals surface area contributed by atoms with Gasteiger partial charge in [-0.15, -0.1) is 0 Å². The minimum absolute atomic E-state index is 0.232. The van der Waals surface area contributed by atoms with E-state index in [-0.39, 0.29) is 11.8 Å². The molecule has 0 aliphatic carbocycles. The molecule has 1 aliphatic rings. The summed E-state index contributed by atoms with van der Waals surface area (Å²) in [5.41, 5.74) is 2.24. The number of halogens is 1. The number of amides is 1. The molecule has 104 valence electrons. The lowest BCUT2D eigenvalue weighted by molar-refractivity contribution is -0.858. The predicted molar refractivity (Wildman–Crippen MR) is 79.1 cm³/mol. The monoisotopic (exact) mass is 281 g/mol. The summed E-state index contributed by atoms with van der Waals surface area (Å²) in [6.45, 7) is 3.96. The van der Waals surface area contributed by atoms with Crippen LogP contribution in [-0.2, 0) is 4.79 Å². The Bertz CT molecular complexity index is 473. The quantitative estimate of drug-likeness (QED) is 0.893. The molecule has 1 amide bonds. The average molecular weight is 282 g/mol. The van der Waals surface area contributed by atoms with Gasteiger partial charge in [0.1, 0.15) is 0 Å². The highest BCUT2D eigenvalue weighted by atomic mass is 35.5. The molecule has 0 saturated carbocycles. The number of carbonyl (C=O) groups excluding carboxylic acids is 1. The number of benzene rings is 1. The Morgan fingerprint density at radius 2 is 2.16 bits per heavy atom. The molecule has 19 heavy (non-hydrogen) atoms. The second-order valence-electron chi connectivity index (χ2n) is 5.66. The van der Waals surface area contributed by atoms with Crippen LogP contribution in [0.1, 0.15) is 31.2 Å². The molecule has 2 rings (SSSR count). The number of fused-ring (bicyclic) bond motifs is 1. The average Bonchev–Trinajstić information content (AvgIpc) is 2.33. The van der Waals surface area contributed by atoms with E-state index >= 15 is 0 Å². The van der Waals surface area contributed by atoms with Crippen LogP contribution in [0, 0.1) is 0 Å². The van der Waals surface area contributed by atoms with Gasteiger partial charge >= 0.3 is 0 Å². The van der Waals surface area contributed by atoms with Crippen molar-refractivity contribution < 1.29 is 9.69 Å². The van der Waals surface area contributed by atoms with Crippen LogP contribution in [0.5, 0.6) is 0 Å². The third-order valence-corrected chi connectivity index (χ3v) is 3.89. The number of carbonyl (C=O) groups is 1. The highest BCUT2D eigenvalue weighted by Crippen LogP contribution is 2.37. The number of nitrogens with one attached hydrogen (secondary N) is 1. The Hall–Kier alpha value is -1.06. The molecule has 4 heteroatoms. The third kappa shape index (κ3) is 3.28. The summed E-state index contributed by atoms with van der Waals surface area (Å²) in [7, 11) is 4.27. The van der Waals surface area contributed by atoms with Crippen molar-refractivity contribution in [3.63, 3.8) is 0 Å². The number of nitrogens with zero attached hydrogens (tertiary/aromatic N) is 1. The summed E-state index contributed by atoms with van der Waals surface area (Å²) in [4.78, 5) is 15.6. The number of rotatable bonds is 4. The molecule has 0 radical (unpaired) electrons. The summed E-state index contributed by atoms with van der Waals surface area (Å²) in [5, 5.41) is 0.748. The lowest BCUT2D eigenvalue weighted by atomic mass is 9.91. The number of anilines is 1.